The maximum Gasteiger partial charge on any atom is 0.144 e. The van der Waals surface area contributed by atoms with Gasteiger partial charge in [0.1, 0.15) is 11.9 Å². The van der Waals surface area contributed by atoms with Gasteiger partial charge in [-0.2, -0.15) is 5.26 Å². The monoisotopic (exact) mass is 342 g/mol. The van der Waals surface area contributed by atoms with E-state index in [-0.39, 0.29) is 6.04 Å². The van der Waals surface area contributed by atoms with Crippen LogP contribution in [0.1, 0.15) is 22.7 Å². The minimum Gasteiger partial charge on any atom is -0.367 e. The molecule has 0 bridgehead atoms. The molecule has 1 aliphatic rings. The average molecular weight is 343 g/mol. The molecule has 5 heteroatoms. The third-order valence-electron chi connectivity index (χ3n) is 3.66. The molecule has 1 atom stereocenters. The summed E-state index contributed by atoms with van der Waals surface area (Å²) in [6.07, 6.45) is 2.76. The predicted octanol–water partition coefficient (Wildman–Crippen LogP) is 3.01. The summed E-state index contributed by atoms with van der Waals surface area (Å²) in [6.45, 7) is 1.68. The van der Waals surface area contributed by atoms with Crippen molar-refractivity contribution in [2.24, 2.45) is 0 Å². The van der Waals surface area contributed by atoms with Crippen molar-refractivity contribution in [1.82, 2.24) is 10.3 Å². The normalized spacial score (nSPS) is 16.9. The van der Waals surface area contributed by atoms with Gasteiger partial charge in [0.25, 0.3) is 0 Å². The highest BCUT2D eigenvalue weighted by Gasteiger charge is 2.19. The fraction of sp³-hybridized carbons (Fsp3) is 0.250. The summed E-state index contributed by atoms with van der Waals surface area (Å²) in [6, 6.07) is 12.7. The van der Waals surface area contributed by atoms with Crippen LogP contribution in [-0.4, -0.2) is 18.1 Å². The molecule has 2 N–H and O–H groups in total. The number of benzene rings is 1. The molecule has 4 nitrogen and oxygen atoms in total. The third-order valence-corrected chi connectivity index (χ3v) is 4.10. The summed E-state index contributed by atoms with van der Waals surface area (Å²) in [4.78, 5) is 4.28. The topological polar surface area (TPSA) is 60.7 Å². The van der Waals surface area contributed by atoms with E-state index in [9.17, 15) is 5.26 Å². The molecule has 1 aromatic carbocycles. The van der Waals surface area contributed by atoms with Gasteiger partial charge in [0, 0.05) is 23.3 Å². The summed E-state index contributed by atoms with van der Waals surface area (Å²) >= 11 is 3.33. The minimum absolute atomic E-state index is 0.243. The number of pyridine rings is 1. The Morgan fingerprint density at radius 1 is 1.43 bits per heavy atom. The molecule has 0 amide bonds. The maximum atomic E-state index is 9.17. The van der Waals surface area contributed by atoms with Crippen LogP contribution in [0.5, 0.6) is 0 Å². The molecule has 2 aromatic rings. The Hall–Kier alpha value is -1.90. The molecule has 106 valence electrons. The van der Waals surface area contributed by atoms with E-state index < -0.39 is 0 Å². The van der Waals surface area contributed by atoms with Crippen molar-refractivity contribution < 1.29 is 0 Å². The second-order valence-corrected chi connectivity index (χ2v) is 5.91. The Labute approximate surface area is 132 Å². The molecule has 1 aromatic heterocycles. The lowest BCUT2D eigenvalue weighted by Gasteiger charge is -2.27. The van der Waals surface area contributed by atoms with Gasteiger partial charge in [0.15, 0.2) is 0 Å². The van der Waals surface area contributed by atoms with Crippen LogP contribution in [0.3, 0.4) is 0 Å². The lowest BCUT2D eigenvalue weighted by Crippen LogP contribution is -2.34. The van der Waals surface area contributed by atoms with Gasteiger partial charge in [0.05, 0.1) is 5.56 Å². The van der Waals surface area contributed by atoms with Gasteiger partial charge in [-0.1, -0.05) is 24.3 Å². The van der Waals surface area contributed by atoms with E-state index in [1.54, 1.807) is 12.3 Å². The number of fused-ring (bicyclic) bond motifs is 1. The number of aromatic nitrogens is 1. The molecular formula is C16H15BrN4. The summed E-state index contributed by atoms with van der Waals surface area (Å²) in [5, 5.41) is 16.0. The molecule has 0 saturated heterocycles. The Morgan fingerprint density at radius 2 is 2.29 bits per heavy atom. The summed E-state index contributed by atoms with van der Waals surface area (Å²) < 4.78 is 0.811. The standard InChI is InChI=1S/C16H15BrN4/c17-13-7-12(8-18)16(20-9-13)21-10-15-14-4-2-1-3-11(14)5-6-19-15/h1-4,7,9,15,19H,5-6,10H2,(H,20,21). The highest BCUT2D eigenvalue weighted by molar-refractivity contribution is 9.10. The second kappa shape index (κ2) is 6.25. The van der Waals surface area contributed by atoms with Crippen LogP contribution < -0.4 is 10.6 Å². The van der Waals surface area contributed by atoms with Gasteiger partial charge < -0.3 is 10.6 Å². The van der Waals surface area contributed by atoms with Crippen LogP contribution in [0.4, 0.5) is 5.82 Å². The molecule has 1 aliphatic heterocycles. The Morgan fingerprint density at radius 3 is 3.14 bits per heavy atom. The number of anilines is 1. The highest BCUT2D eigenvalue weighted by Crippen LogP contribution is 2.24. The van der Waals surface area contributed by atoms with E-state index in [0.29, 0.717) is 17.9 Å². The van der Waals surface area contributed by atoms with Crippen molar-refractivity contribution >= 4 is 21.7 Å². The Balaban J connectivity index is 1.76. The molecule has 0 radical (unpaired) electrons. The molecular weight excluding hydrogens is 328 g/mol. The van der Waals surface area contributed by atoms with E-state index in [1.807, 2.05) is 0 Å². The first-order valence-electron chi connectivity index (χ1n) is 6.88. The number of nitrogens with one attached hydrogen (secondary N) is 2. The fourth-order valence-electron chi connectivity index (χ4n) is 2.64. The summed E-state index contributed by atoms with van der Waals surface area (Å²) in [7, 11) is 0. The number of hydrogen-bond donors (Lipinski definition) is 2. The van der Waals surface area contributed by atoms with Crippen molar-refractivity contribution in [2.45, 2.75) is 12.5 Å². The quantitative estimate of drug-likeness (QED) is 0.899. The zero-order valence-corrected chi connectivity index (χ0v) is 13.0. The first kappa shape index (κ1) is 14.1. The van der Waals surface area contributed by atoms with E-state index >= 15 is 0 Å². The third kappa shape index (κ3) is 3.07. The number of nitrogens with zero attached hydrogens (tertiary/aromatic N) is 2. The van der Waals surface area contributed by atoms with Gasteiger partial charge >= 0.3 is 0 Å². The Bertz CT molecular complexity index is 693. The fourth-order valence-corrected chi connectivity index (χ4v) is 2.97. The van der Waals surface area contributed by atoms with Crippen LogP contribution in [-0.2, 0) is 6.42 Å². The molecule has 0 saturated carbocycles. The predicted molar refractivity (Wildman–Crippen MR) is 86.0 cm³/mol. The number of nitriles is 1. The van der Waals surface area contributed by atoms with Crippen molar-refractivity contribution in [3.63, 3.8) is 0 Å². The largest absolute Gasteiger partial charge is 0.367 e. The van der Waals surface area contributed by atoms with Crippen LogP contribution in [0, 0.1) is 11.3 Å². The van der Waals surface area contributed by atoms with Crippen LogP contribution in [0.15, 0.2) is 41.0 Å². The lowest BCUT2D eigenvalue weighted by molar-refractivity contribution is 0.523. The van der Waals surface area contributed by atoms with Gasteiger partial charge in [-0.05, 0) is 46.1 Å². The first-order chi connectivity index (χ1) is 10.3. The number of halogens is 1. The van der Waals surface area contributed by atoms with E-state index in [4.69, 9.17) is 0 Å². The molecule has 3 rings (SSSR count). The van der Waals surface area contributed by atoms with Crippen molar-refractivity contribution in [2.75, 3.05) is 18.4 Å². The van der Waals surface area contributed by atoms with Crippen LogP contribution in [0.25, 0.3) is 0 Å². The molecule has 2 heterocycles. The van der Waals surface area contributed by atoms with Crippen molar-refractivity contribution in [1.29, 1.82) is 5.26 Å². The molecule has 21 heavy (non-hydrogen) atoms. The molecule has 0 spiro atoms. The van der Waals surface area contributed by atoms with Crippen LogP contribution in [0.2, 0.25) is 0 Å². The summed E-state index contributed by atoms with van der Waals surface area (Å²) in [5.41, 5.74) is 3.27. The molecule has 0 aliphatic carbocycles. The summed E-state index contributed by atoms with van der Waals surface area (Å²) in [5.74, 6) is 0.630. The van der Waals surface area contributed by atoms with Gasteiger partial charge in [0.2, 0.25) is 0 Å². The van der Waals surface area contributed by atoms with Gasteiger partial charge in [-0.25, -0.2) is 4.98 Å². The molecule has 0 fully saturated rings. The van der Waals surface area contributed by atoms with Crippen LogP contribution >= 0.6 is 15.9 Å². The SMILES string of the molecule is N#Cc1cc(Br)cnc1NCC1NCCc2ccccc21. The zero-order chi connectivity index (χ0) is 14.7. The first-order valence-corrected chi connectivity index (χ1v) is 7.68. The van der Waals surface area contributed by atoms with E-state index in [0.717, 1.165) is 17.4 Å². The van der Waals surface area contributed by atoms with Crippen molar-refractivity contribution in [3.8, 4) is 6.07 Å². The maximum absolute atomic E-state index is 9.17. The highest BCUT2D eigenvalue weighted by atomic mass is 79.9. The molecule has 1 unspecified atom stereocenters. The van der Waals surface area contributed by atoms with Crippen molar-refractivity contribution in [3.05, 3.63) is 57.7 Å². The second-order valence-electron chi connectivity index (χ2n) is 5.00. The minimum atomic E-state index is 0.243. The Kier molecular flexibility index (Phi) is 4.18. The lowest BCUT2D eigenvalue weighted by atomic mass is 9.94. The smallest absolute Gasteiger partial charge is 0.144 e. The average Bonchev–Trinajstić information content (AvgIpc) is 2.53. The van der Waals surface area contributed by atoms with E-state index in [1.165, 1.54) is 11.1 Å². The number of rotatable bonds is 3. The zero-order valence-electron chi connectivity index (χ0n) is 11.4. The van der Waals surface area contributed by atoms with E-state index in [2.05, 4.69) is 61.9 Å². The van der Waals surface area contributed by atoms with Gasteiger partial charge in [-0.15, -0.1) is 0 Å². The number of hydrogen-bond acceptors (Lipinski definition) is 4. The van der Waals surface area contributed by atoms with Gasteiger partial charge in [-0.3, -0.25) is 0 Å².